The van der Waals surface area contributed by atoms with Crippen molar-refractivity contribution in [2.24, 2.45) is 0 Å². The molecule has 2 nitrogen and oxygen atoms in total. The van der Waals surface area contributed by atoms with Gasteiger partial charge in [0.1, 0.15) is 0 Å². The zero-order chi connectivity index (χ0) is 8.27. The first-order chi connectivity index (χ1) is 5.24. The lowest BCUT2D eigenvalue weighted by molar-refractivity contribution is 0.434. The summed E-state index contributed by atoms with van der Waals surface area (Å²) in [7, 11) is 4.11. The van der Waals surface area contributed by atoms with Crippen molar-refractivity contribution in [1.82, 2.24) is 9.88 Å². The van der Waals surface area contributed by atoms with E-state index < -0.39 is 0 Å². The summed E-state index contributed by atoms with van der Waals surface area (Å²) < 4.78 is 0. The van der Waals surface area contributed by atoms with Gasteiger partial charge in [-0.25, -0.2) is 0 Å². The molecule has 0 bridgehead atoms. The fourth-order valence-corrected chi connectivity index (χ4v) is 0.554. The van der Waals surface area contributed by atoms with Crippen molar-refractivity contribution in [2.75, 3.05) is 20.6 Å². The second-order valence-electron chi connectivity index (χ2n) is 2.83. The van der Waals surface area contributed by atoms with Gasteiger partial charge in [-0.15, -0.1) is 0 Å². The van der Waals surface area contributed by atoms with E-state index in [4.69, 9.17) is 0 Å². The average Bonchev–Trinajstić information content (AvgIpc) is 1.98. The van der Waals surface area contributed by atoms with Crippen LogP contribution in [0.5, 0.6) is 0 Å². The predicted octanol–water partition coefficient (Wildman–Crippen LogP) is 1.63. The van der Waals surface area contributed by atoms with Crippen molar-refractivity contribution in [3.8, 4) is 11.3 Å². The van der Waals surface area contributed by atoms with Gasteiger partial charge in [-0.3, -0.25) is 4.98 Å². The maximum absolute atomic E-state index is 3.91. The molecule has 1 heterocycles. The number of fused-ring (bicyclic) bond motifs is 1. The van der Waals surface area contributed by atoms with Gasteiger partial charge in [-0.05, 0) is 32.8 Å². The topological polar surface area (TPSA) is 16.1 Å². The summed E-state index contributed by atoms with van der Waals surface area (Å²) in [5.74, 6) is 0. The first-order valence-corrected chi connectivity index (χ1v) is 3.85. The van der Waals surface area contributed by atoms with Crippen molar-refractivity contribution in [3.05, 3.63) is 18.3 Å². The normalized spacial score (nSPS) is 10.5. The second-order valence-corrected chi connectivity index (χ2v) is 2.83. The Morgan fingerprint density at radius 2 is 1.91 bits per heavy atom. The molecule has 2 rings (SSSR count). The average molecular weight is 150 g/mol. The standard InChI is InChI=1S/C5H3N.C4H11N/c1-2-5-4(1)3-6-5;1-4-5(2)3/h1-3H;4H2,1-3H3. The van der Waals surface area contributed by atoms with Crippen LogP contribution in [0.15, 0.2) is 18.3 Å². The van der Waals surface area contributed by atoms with E-state index in [0.29, 0.717) is 0 Å². The molecule has 2 aliphatic rings. The Morgan fingerprint density at radius 1 is 1.36 bits per heavy atom. The van der Waals surface area contributed by atoms with E-state index in [0.717, 1.165) is 6.54 Å². The van der Waals surface area contributed by atoms with Gasteiger partial charge in [0.25, 0.3) is 0 Å². The molecule has 0 aromatic heterocycles. The highest BCUT2D eigenvalue weighted by atomic mass is 15.0. The molecule has 0 saturated heterocycles. The van der Waals surface area contributed by atoms with Crippen molar-refractivity contribution in [3.63, 3.8) is 0 Å². The fraction of sp³-hybridized carbons (Fsp3) is 0.444. The zero-order valence-electron chi connectivity index (χ0n) is 7.33. The van der Waals surface area contributed by atoms with Crippen LogP contribution in [-0.4, -0.2) is 30.5 Å². The third-order valence-electron chi connectivity index (χ3n) is 1.69. The molecule has 0 aromatic rings. The fourth-order valence-electron chi connectivity index (χ4n) is 0.554. The smallest absolute Gasteiger partial charge is 0.0717 e. The highest BCUT2D eigenvalue weighted by molar-refractivity contribution is 5.68. The molecular formula is C9H14N2. The van der Waals surface area contributed by atoms with Gasteiger partial charge in [0.15, 0.2) is 0 Å². The summed E-state index contributed by atoms with van der Waals surface area (Å²) in [4.78, 5) is 6.03. The molecule has 0 unspecified atom stereocenters. The minimum absolute atomic E-state index is 1.14. The maximum Gasteiger partial charge on any atom is 0.0717 e. The number of pyridine rings is 1. The lowest BCUT2D eigenvalue weighted by Crippen LogP contribution is -2.08. The van der Waals surface area contributed by atoms with E-state index in [9.17, 15) is 0 Å². The zero-order valence-corrected chi connectivity index (χ0v) is 7.33. The Bertz CT molecular complexity index is 193. The Hall–Kier alpha value is -0.890. The minimum atomic E-state index is 1.14. The van der Waals surface area contributed by atoms with Gasteiger partial charge in [0.2, 0.25) is 0 Å². The second kappa shape index (κ2) is 3.49. The number of rotatable bonds is 1. The molecule has 1 aliphatic carbocycles. The van der Waals surface area contributed by atoms with Crippen LogP contribution in [0.2, 0.25) is 0 Å². The van der Waals surface area contributed by atoms with Crippen LogP contribution in [0.3, 0.4) is 0 Å². The van der Waals surface area contributed by atoms with Crippen LogP contribution in [-0.2, 0) is 0 Å². The number of hydrogen-bond donors (Lipinski definition) is 0. The number of aromatic nitrogens is 1. The molecule has 0 fully saturated rings. The molecule has 0 saturated carbocycles. The molecule has 1 aliphatic heterocycles. The molecule has 0 radical (unpaired) electrons. The van der Waals surface area contributed by atoms with Crippen LogP contribution < -0.4 is 0 Å². The van der Waals surface area contributed by atoms with Gasteiger partial charge in [0.05, 0.1) is 5.69 Å². The quantitative estimate of drug-likeness (QED) is 0.614. The summed E-state index contributed by atoms with van der Waals surface area (Å²) in [6, 6.07) is 4.07. The molecule has 0 spiro atoms. The van der Waals surface area contributed by atoms with Crippen molar-refractivity contribution in [2.45, 2.75) is 6.92 Å². The molecule has 0 N–H and O–H groups in total. The first kappa shape index (κ1) is 8.21. The van der Waals surface area contributed by atoms with Crippen molar-refractivity contribution in [1.29, 1.82) is 0 Å². The maximum atomic E-state index is 3.91. The van der Waals surface area contributed by atoms with E-state index in [1.165, 1.54) is 11.3 Å². The van der Waals surface area contributed by atoms with Gasteiger partial charge >= 0.3 is 0 Å². The molecule has 2 heteroatoms. The largest absolute Gasteiger partial charge is 0.310 e. The summed E-state index contributed by atoms with van der Waals surface area (Å²) in [6.45, 7) is 3.26. The van der Waals surface area contributed by atoms with Gasteiger partial charge in [0, 0.05) is 11.8 Å². The molecule has 0 aromatic carbocycles. The SMILES string of the molecule is CCN(C)C.c1cc2ncc1-2. The van der Waals surface area contributed by atoms with E-state index in [1.807, 2.05) is 12.3 Å². The first-order valence-electron chi connectivity index (χ1n) is 3.85. The Balaban J connectivity index is 0.000000114. The summed E-state index contributed by atoms with van der Waals surface area (Å²) in [6.07, 6.45) is 1.87. The predicted molar refractivity (Wildman–Crippen MR) is 47.5 cm³/mol. The monoisotopic (exact) mass is 150 g/mol. The van der Waals surface area contributed by atoms with Crippen molar-refractivity contribution < 1.29 is 0 Å². The molecule has 0 amide bonds. The Labute approximate surface area is 67.9 Å². The highest BCUT2D eigenvalue weighted by Crippen LogP contribution is 2.25. The molecule has 60 valence electrons. The van der Waals surface area contributed by atoms with E-state index in [2.05, 4.69) is 37.0 Å². The molecule has 0 atom stereocenters. The van der Waals surface area contributed by atoms with E-state index >= 15 is 0 Å². The lowest BCUT2D eigenvalue weighted by atomic mass is 10.1. The third-order valence-corrected chi connectivity index (χ3v) is 1.69. The lowest BCUT2D eigenvalue weighted by Gasteiger charge is -2.08. The number of hydrogen-bond acceptors (Lipinski definition) is 2. The summed E-state index contributed by atoms with van der Waals surface area (Å²) in [5, 5.41) is 0. The third kappa shape index (κ3) is 2.02. The van der Waals surface area contributed by atoms with Crippen LogP contribution in [0.25, 0.3) is 11.3 Å². The van der Waals surface area contributed by atoms with Crippen molar-refractivity contribution >= 4 is 0 Å². The van der Waals surface area contributed by atoms with E-state index in [-0.39, 0.29) is 0 Å². The Morgan fingerprint density at radius 3 is 1.91 bits per heavy atom. The van der Waals surface area contributed by atoms with Gasteiger partial charge in [-0.1, -0.05) is 6.92 Å². The van der Waals surface area contributed by atoms with Crippen LogP contribution in [0.4, 0.5) is 0 Å². The molecular weight excluding hydrogens is 136 g/mol. The van der Waals surface area contributed by atoms with Crippen LogP contribution in [0.1, 0.15) is 6.92 Å². The Kier molecular flexibility index (Phi) is 2.60. The summed E-state index contributed by atoms with van der Waals surface area (Å²) >= 11 is 0. The van der Waals surface area contributed by atoms with Crippen LogP contribution in [0, 0.1) is 0 Å². The number of nitrogens with zero attached hydrogens (tertiary/aromatic N) is 2. The minimum Gasteiger partial charge on any atom is -0.310 e. The highest BCUT2D eigenvalue weighted by Gasteiger charge is 2.06. The van der Waals surface area contributed by atoms with Gasteiger partial charge < -0.3 is 4.90 Å². The van der Waals surface area contributed by atoms with Crippen LogP contribution >= 0.6 is 0 Å². The summed E-state index contributed by atoms with van der Waals surface area (Å²) in [5.41, 5.74) is 2.49. The van der Waals surface area contributed by atoms with E-state index in [1.54, 1.807) is 0 Å². The van der Waals surface area contributed by atoms with Gasteiger partial charge in [-0.2, -0.15) is 0 Å². The molecule has 11 heavy (non-hydrogen) atoms.